The van der Waals surface area contributed by atoms with Crippen molar-refractivity contribution in [2.45, 2.75) is 13.0 Å². The maximum Gasteiger partial charge on any atom is 0.119 e. The highest BCUT2D eigenvalue weighted by atomic mass is 16.5. The van der Waals surface area contributed by atoms with Crippen LogP contribution in [0.4, 0.5) is 0 Å². The van der Waals surface area contributed by atoms with Crippen LogP contribution in [0.2, 0.25) is 0 Å². The van der Waals surface area contributed by atoms with Gasteiger partial charge in [-0.2, -0.15) is 0 Å². The number of ether oxygens (including phenoxy) is 2. The molecule has 15 heavy (non-hydrogen) atoms. The van der Waals surface area contributed by atoms with Crippen LogP contribution in [0.3, 0.4) is 0 Å². The second-order valence-electron chi connectivity index (χ2n) is 3.36. The topological polar surface area (TPSA) is 30.5 Å². The number of nitrogens with one attached hydrogen (secondary N) is 1. The van der Waals surface area contributed by atoms with Crippen LogP contribution in [-0.4, -0.2) is 27.3 Å². The van der Waals surface area contributed by atoms with Crippen LogP contribution in [-0.2, 0) is 11.3 Å². The van der Waals surface area contributed by atoms with Crippen LogP contribution in [0.15, 0.2) is 24.3 Å². The Morgan fingerprint density at radius 2 is 2.20 bits per heavy atom. The first-order chi connectivity index (χ1) is 7.36. The van der Waals surface area contributed by atoms with Gasteiger partial charge in [-0.25, -0.2) is 0 Å². The van der Waals surface area contributed by atoms with Gasteiger partial charge in [0.25, 0.3) is 0 Å². The van der Waals surface area contributed by atoms with Crippen LogP contribution < -0.4 is 10.1 Å². The molecular weight excluding hydrogens is 190 g/mol. The second-order valence-corrected chi connectivity index (χ2v) is 3.36. The average molecular weight is 209 g/mol. The molecule has 1 rings (SSSR count). The van der Waals surface area contributed by atoms with Gasteiger partial charge >= 0.3 is 0 Å². The maximum absolute atomic E-state index is 5.53. The van der Waals surface area contributed by atoms with Crippen molar-refractivity contribution in [3.8, 4) is 5.75 Å². The van der Waals surface area contributed by atoms with Gasteiger partial charge in [-0.1, -0.05) is 12.1 Å². The van der Waals surface area contributed by atoms with E-state index in [0.717, 1.165) is 30.9 Å². The molecule has 1 N–H and O–H groups in total. The Hall–Kier alpha value is -1.06. The van der Waals surface area contributed by atoms with E-state index >= 15 is 0 Å². The zero-order chi connectivity index (χ0) is 10.9. The summed E-state index contributed by atoms with van der Waals surface area (Å²) in [4.78, 5) is 0. The molecule has 0 aliphatic rings. The molecule has 0 aromatic heterocycles. The van der Waals surface area contributed by atoms with Crippen molar-refractivity contribution in [3.63, 3.8) is 0 Å². The molecule has 0 atom stereocenters. The van der Waals surface area contributed by atoms with E-state index in [2.05, 4.69) is 5.32 Å². The van der Waals surface area contributed by atoms with Gasteiger partial charge in [-0.3, -0.25) is 0 Å². The predicted molar refractivity (Wildman–Crippen MR) is 61.2 cm³/mol. The Morgan fingerprint density at radius 3 is 2.93 bits per heavy atom. The van der Waals surface area contributed by atoms with Gasteiger partial charge in [-0.15, -0.1) is 0 Å². The summed E-state index contributed by atoms with van der Waals surface area (Å²) in [6, 6.07) is 7.95. The Balaban J connectivity index is 2.24. The molecule has 1 aromatic carbocycles. The number of hydrogen-bond acceptors (Lipinski definition) is 3. The quantitative estimate of drug-likeness (QED) is 0.695. The van der Waals surface area contributed by atoms with Gasteiger partial charge in [0.05, 0.1) is 13.7 Å². The van der Waals surface area contributed by atoms with Crippen molar-refractivity contribution in [1.29, 1.82) is 0 Å². The van der Waals surface area contributed by atoms with E-state index in [9.17, 15) is 0 Å². The van der Waals surface area contributed by atoms with Gasteiger partial charge < -0.3 is 14.8 Å². The lowest BCUT2D eigenvalue weighted by atomic mass is 10.2. The lowest BCUT2D eigenvalue weighted by molar-refractivity contribution is 0.118. The van der Waals surface area contributed by atoms with Crippen molar-refractivity contribution in [2.24, 2.45) is 0 Å². The molecule has 0 bridgehead atoms. The molecule has 84 valence electrons. The normalized spacial score (nSPS) is 10.3. The smallest absolute Gasteiger partial charge is 0.119 e. The molecule has 0 heterocycles. The molecule has 0 amide bonds. The third-order valence-corrected chi connectivity index (χ3v) is 2.12. The molecule has 0 unspecified atom stereocenters. The Bertz CT molecular complexity index is 276. The molecule has 0 spiro atoms. The van der Waals surface area contributed by atoms with E-state index in [-0.39, 0.29) is 0 Å². The number of benzene rings is 1. The zero-order valence-electron chi connectivity index (χ0n) is 9.45. The van der Waals surface area contributed by atoms with Gasteiger partial charge in [0.15, 0.2) is 0 Å². The van der Waals surface area contributed by atoms with E-state index in [1.165, 1.54) is 0 Å². The van der Waals surface area contributed by atoms with Crippen molar-refractivity contribution >= 4 is 0 Å². The standard InChI is InChI=1S/C12H19NO2/c1-13-7-4-8-15-10-11-5-3-6-12(9-11)14-2/h3,5-6,9,13H,4,7-8,10H2,1-2H3. The highest BCUT2D eigenvalue weighted by Gasteiger charge is 1.95. The van der Waals surface area contributed by atoms with Crippen LogP contribution in [0.5, 0.6) is 5.75 Å². The summed E-state index contributed by atoms with van der Waals surface area (Å²) < 4.78 is 10.7. The summed E-state index contributed by atoms with van der Waals surface area (Å²) in [6.45, 7) is 2.44. The molecule has 1 aromatic rings. The summed E-state index contributed by atoms with van der Waals surface area (Å²) in [5.41, 5.74) is 1.15. The minimum Gasteiger partial charge on any atom is -0.497 e. The van der Waals surface area contributed by atoms with Crippen molar-refractivity contribution in [1.82, 2.24) is 5.32 Å². The van der Waals surface area contributed by atoms with Crippen molar-refractivity contribution in [3.05, 3.63) is 29.8 Å². The monoisotopic (exact) mass is 209 g/mol. The number of methoxy groups -OCH3 is 1. The van der Waals surface area contributed by atoms with Crippen molar-refractivity contribution in [2.75, 3.05) is 27.3 Å². The van der Waals surface area contributed by atoms with Gasteiger partial charge in [-0.05, 0) is 37.7 Å². The SMILES string of the molecule is CNCCCOCc1cccc(OC)c1. The average Bonchev–Trinajstić information content (AvgIpc) is 2.29. The molecule has 0 saturated heterocycles. The van der Waals surface area contributed by atoms with E-state index < -0.39 is 0 Å². The van der Waals surface area contributed by atoms with E-state index in [1.54, 1.807) is 7.11 Å². The van der Waals surface area contributed by atoms with Crippen LogP contribution >= 0.6 is 0 Å². The summed E-state index contributed by atoms with van der Waals surface area (Å²) in [7, 11) is 3.62. The lowest BCUT2D eigenvalue weighted by Gasteiger charge is -2.05. The summed E-state index contributed by atoms with van der Waals surface area (Å²) in [6.07, 6.45) is 1.04. The Morgan fingerprint density at radius 1 is 1.33 bits per heavy atom. The first kappa shape index (κ1) is 12.0. The summed E-state index contributed by atoms with van der Waals surface area (Å²) in [5.74, 6) is 0.881. The Kier molecular flexibility index (Phi) is 5.81. The lowest BCUT2D eigenvalue weighted by Crippen LogP contribution is -2.10. The first-order valence-electron chi connectivity index (χ1n) is 5.22. The van der Waals surface area contributed by atoms with Gasteiger partial charge in [0.2, 0.25) is 0 Å². The molecular formula is C12H19NO2. The molecule has 0 radical (unpaired) electrons. The highest BCUT2D eigenvalue weighted by Crippen LogP contribution is 2.13. The highest BCUT2D eigenvalue weighted by molar-refractivity contribution is 5.27. The second kappa shape index (κ2) is 7.26. The van der Waals surface area contributed by atoms with Crippen LogP contribution in [0.1, 0.15) is 12.0 Å². The minimum absolute atomic E-state index is 0.654. The summed E-state index contributed by atoms with van der Waals surface area (Å²) in [5, 5.41) is 3.08. The predicted octanol–water partition coefficient (Wildman–Crippen LogP) is 1.82. The number of rotatable bonds is 7. The molecule has 3 nitrogen and oxygen atoms in total. The van der Waals surface area contributed by atoms with Crippen LogP contribution in [0.25, 0.3) is 0 Å². The molecule has 0 aliphatic heterocycles. The molecule has 3 heteroatoms. The molecule has 0 aliphatic carbocycles. The molecule has 0 fully saturated rings. The minimum atomic E-state index is 0.654. The zero-order valence-corrected chi connectivity index (χ0v) is 9.45. The largest absolute Gasteiger partial charge is 0.497 e. The van der Waals surface area contributed by atoms with Crippen molar-refractivity contribution < 1.29 is 9.47 Å². The fourth-order valence-corrected chi connectivity index (χ4v) is 1.30. The van der Waals surface area contributed by atoms with Crippen LogP contribution in [0, 0.1) is 0 Å². The summed E-state index contributed by atoms with van der Waals surface area (Å²) >= 11 is 0. The van der Waals surface area contributed by atoms with Gasteiger partial charge in [0, 0.05) is 6.61 Å². The van der Waals surface area contributed by atoms with E-state index in [0.29, 0.717) is 6.61 Å². The fraction of sp³-hybridized carbons (Fsp3) is 0.500. The fourth-order valence-electron chi connectivity index (χ4n) is 1.30. The third-order valence-electron chi connectivity index (χ3n) is 2.12. The first-order valence-corrected chi connectivity index (χ1v) is 5.22. The van der Waals surface area contributed by atoms with E-state index in [4.69, 9.17) is 9.47 Å². The molecule has 0 saturated carbocycles. The number of hydrogen-bond donors (Lipinski definition) is 1. The van der Waals surface area contributed by atoms with E-state index in [1.807, 2.05) is 31.3 Å². The van der Waals surface area contributed by atoms with Gasteiger partial charge in [0.1, 0.15) is 5.75 Å². The Labute approximate surface area is 91.4 Å². The maximum atomic E-state index is 5.53. The third kappa shape index (κ3) is 4.81.